The number of ether oxygens (including phenoxy) is 2. The third-order valence-corrected chi connectivity index (χ3v) is 6.33. The third kappa shape index (κ3) is 5.55. The Balaban J connectivity index is 0.00000300. The Morgan fingerprint density at radius 1 is 1.38 bits per heavy atom. The Morgan fingerprint density at radius 2 is 2.10 bits per heavy atom. The molecule has 0 aromatic heterocycles. The molecule has 0 radical (unpaired) electrons. The van der Waals surface area contributed by atoms with Gasteiger partial charge in [0.15, 0.2) is 5.96 Å². The van der Waals surface area contributed by atoms with E-state index in [1.54, 1.807) is 7.05 Å². The summed E-state index contributed by atoms with van der Waals surface area (Å²) in [4.78, 5) is 18.6. The first kappa shape index (κ1) is 24.2. The van der Waals surface area contributed by atoms with Gasteiger partial charge in [0.25, 0.3) is 0 Å². The number of carbonyl (C=O) groups is 1. The molecular formula is C21H31ClIN3O3. The lowest BCUT2D eigenvalue weighted by Gasteiger charge is -2.39. The Bertz CT molecular complexity index is 725. The van der Waals surface area contributed by atoms with Crippen LogP contribution in [0.2, 0.25) is 5.02 Å². The van der Waals surface area contributed by atoms with Crippen LogP contribution < -0.4 is 5.32 Å². The first-order chi connectivity index (χ1) is 13.5. The maximum absolute atomic E-state index is 12.0. The number of nitrogens with one attached hydrogen (secondary N) is 1. The SMILES string of the molecule is CN=C(NCC1(c2cccc(Cl)c2)CCOCC1)N1CC(C)C(C(=O)OC)C1.I. The number of methoxy groups -OCH3 is 1. The average molecular weight is 536 g/mol. The van der Waals surface area contributed by atoms with Gasteiger partial charge in [-0.05, 0) is 36.5 Å². The highest BCUT2D eigenvalue weighted by atomic mass is 127. The predicted molar refractivity (Wildman–Crippen MR) is 126 cm³/mol. The number of esters is 1. The van der Waals surface area contributed by atoms with Crippen LogP contribution >= 0.6 is 35.6 Å². The van der Waals surface area contributed by atoms with Crippen molar-refractivity contribution in [3.05, 3.63) is 34.9 Å². The normalized spacial score (nSPS) is 24.0. The van der Waals surface area contributed by atoms with E-state index in [-0.39, 0.29) is 47.2 Å². The second-order valence-corrected chi connectivity index (χ2v) is 8.25. The first-order valence-corrected chi connectivity index (χ1v) is 10.2. The highest BCUT2D eigenvalue weighted by Crippen LogP contribution is 2.35. The van der Waals surface area contributed by atoms with E-state index in [0.717, 1.165) is 50.1 Å². The summed E-state index contributed by atoms with van der Waals surface area (Å²) >= 11 is 6.27. The first-order valence-electron chi connectivity index (χ1n) is 9.86. The van der Waals surface area contributed by atoms with Gasteiger partial charge in [0.05, 0.1) is 13.0 Å². The van der Waals surface area contributed by atoms with Gasteiger partial charge in [0.1, 0.15) is 0 Å². The van der Waals surface area contributed by atoms with Gasteiger partial charge in [-0.3, -0.25) is 9.79 Å². The van der Waals surface area contributed by atoms with E-state index in [2.05, 4.69) is 34.3 Å². The lowest BCUT2D eigenvalue weighted by molar-refractivity contribution is -0.145. The number of nitrogens with zero attached hydrogens (tertiary/aromatic N) is 2. The molecule has 8 heteroatoms. The molecule has 1 aromatic rings. The zero-order valence-electron chi connectivity index (χ0n) is 17.3. The molecule has 2 heterocycles. The molecule has 0 aliphatic carbocycles. The van der Waals surface area contributed by atoms with Crippen LogP contribution in [-0.4, -0.2) is 63.8 Å². The minimum absolute atomic E-state index is 0. The van der Waals surface area contributed by atoms with Crippen LogP contribution in [0.15, 0.2) is 29.3 Å². The van der Waals surface area contributed by atoms with Crippen LogP contribution in [0.1, 0.15) is 25.3 Å². The molecule has 3 rings (SSSR count). The topological polar surface area (TPSA) is 63.2 Å². The van der Waals surface area contributed by atoms with Gasteiger partial charge >= 0.3 is 5.97 Å². The van der Waals surface area contributed by atoms with Crippen molar-refractivity contribution in [1.82, 2.24) is 10.2 Å². The maximum Gasteiger partial charge on any atom is 0.310 e. The summed E-state index contributed by atoms with van der Waals surface area (Å²) in [5.74, 6) is 0.793. The summed E-state index contributed by atoms with van der Waals surface area (Å²) in [6.07, 6.45) is 1.86. The number of benzene rings is 1. The molecule has 2 unspecified atom stereocenters. The number of likely N-dealkylation sites (tertiary alicyclic amines) is 1. The number of guanidine groups is 1. The molecule has 0 spiro atoms. The van der Waals surface area contributed by atoms with Crippen LogP contribution in [0.25, 0.3) is 0 Å². The van der Waals surface area contributed by atoms with Crippen LogP contribution in [0.5, 0.6) is 0 Å². The number of halogens is 2. The largest absolute Gasteiger partial charge is 0.469 e. The van der Waals surface area contributed by atoms with Crippen LogP contribution in [0.4, 0.5) is 0 Å². The second kappa shape index (κ2) is 10.8. The fraction of sp³-hybridized carbons (Fsp3) is 0.619. The van der Waals surface area contributed by atoms with Crippen molar-refractivity contribution in [2.75, 3.05) is 47.0 Å². The molecule has 29 heavy (non-hydrogen) atoms. The Labute approximate surface area is 195 Å². The highest BCUT2D eigenvalue weighted by Gasteiger charge is 2.39. The summed E-state index contributed by atoms with van der Waals surface area (Å²) in [6.45, 7) is 5.71. The molecule has 0 saturated carbocycles. The molecule has 0 bridgehead atoms. The molecule has 1 aromatic carbocycles. The average Bonchev–Trinajstić information content (AvgIpc) is 3.10. The zero-order chi connectivity index (χ0) is 20.1. The lowest BCUT2D eigenvalue weighted by Crippen LogP contribution is -2.49. The van der Waals surface area contributed by atoms with E-state index in [1.807, 2.05) is 12.1 Å². The minimum atomic E-state index is -0.148. The van der Waals surface area contributed by atoms with Gasteiger partial charge in [-0.15, -0.1) is 24.0 Å². The Kier molecular flexibility index (Phi) is 9.03. The van der Waals surface area contributed by atoms with E-state index < -0.39 is 0 Å². The molecule has 2 aliphatic heterocycles. The van der Waals surface area contributed by atoms with Crippen LogP contribution in [0, 0.1) is 11.8 Å². The Hall–Kier alpha value is -1.06. The van der Waals surface area contributed by atoms with Crippen molar-refractivity contribution in [1.29, 1.82) is 0 Å². The van der Waals surface area contributed by atoms with Gasteiger partial charge in [0, 0.05) is 50.3 Å². The van der Waals surface area contributed by atoms with Crippen molar-refractivity contribution in [3.63, 3.8) is 0 Å². The van der Waals surface area contributed by atoms with Crippen LogP contribution in [0.3, 0.4) is 0 Å². The van der Waals surface area contributed by atoms with E-state index >= 15 is 0 Å². The number of hydrogen-bond donors (Lipinski definition) is 1. The fourth-order valence-corrected chi connectivity index (χ4v) is 4.52. The minimum Gasteiger partial charge on any atom is -0.469 e. The van der Waals surface area contributed by atoms with Gasteiger partial charge in [-0.1, -0.05) is 30.7 Å². The smallest absolute Gasteiger partial charge is 0.310 e. The zero-order valence-corrected chi connectivity index (χ0v) is 20.4. The second-order valence-electron chi connectivity index (χ2n) is 7.82. The van der Waals surface area contributed by atoms with Gasteiger partial charge in [-0.2, -0.15) is 0 Å². The van der Waals surface area contributed by atoms with Crippen molar-refractivity contribution in [2.45, 2.75) is 25.2 Å². The van der Waals surface area contributed by atoms with Crippen molar-refractivity contribution < 1.29 is 14.3 Å². The number of carbonyl (C=O) groups excluding carboxylic acids is 1. The quantitative estimate of drug-likeness (QED) is 0.277. The summed E-state index contributed by atoms with van der Waals surface area (Å²) < 4.78 is 10.6. The number of hydrogen-bond acceptors (Lipinski definition) is 4. The molecular weight excluding hydrogens is 505 g/mol. The van der Waals surface area contributed by atoms with Crippen molar-refractivity contribution >= 4 is 47.5 Å². The van der Waals surface area contributed by atoms with Crippen LogP contribution in [-0.2, 0) is 19.7 Å². The van der Waals surface area contributed by atoms with E-state index in [0.29, 0.717) is 6.54 Å². The van der Waals surface area contributed by atoms with E-state index in [9.17, 15) is 4.79 Å². The summed E-state index contributed by atoms with van der Waals surface area (Å²) in [7, 11) is 3.24. The van der Waals surface area contributed by atoms with E-state index in [1.165, 1.54) is 12.7 Å². The summed E-state index contributed by atoms with van der Waals surface area (Å²) in [5, 5.41) is 4.31. The summed E-state index contributed by atoms with van der Waals surface area (Å²) in [5.41, 5.74) is 1.18. The monoisotopic (exact) mass is 535 g/mol. The van der Waals surface area contributed by atoms with E-state index in [4.69, 9.17) is 21.1 Å². The lowest BCUT2D eigenvalue weighted by atomic mass is 9.74. The predicted octanol–water partition coefficient (Wildman–Crippen LogP) is 3.32. The molecule has 0 amide bonds. The fourth-order valence-electron chi connectivity index (χ4n) is 4.33. The van der Waals surface area contributed by atoms with Gasteiger partial charge in [0.2, 0.25) is 0 Å². The summed E-state index contributed by atoms with van der Waals surface area (Å²) in [6, 6.07) is 8.12. The Morgan fingerprint density at radius 3 is 2.72 bits per heavy atom. The molecule has 2 saturated heterocycles. The molecule has 162 valence electrons. The standard InChI is InChI=1S/C21H30ClN3O3.HI/c1-15-12-25(13-18(15)19(26)27-3)20(23-2)24-14-21(7-9-28-10-8-21)16-5-4-6-17(22)11-16;/h4-6,11,15,18H,7-10,12-14H2,1-3H3,(H,23,24);1H. The highest BCUT2D eigenvalue weighted by molar-refractivity contribution is 14.0. The van der Waals surface area contributed by atoms with Crippen molar-refractivity contribution in [3.8, 4) is 0 Å². The third-order valence-electron chi connectivity index (χ3n) is 6.10. The van der Waals surface area contributed by atoms with Gasteiger partial charge < -0.3 is 19.7 Å². The molecule has 1 N–H and O–H groups in total. The number of rotatable bonds is 4. The van der Waals surface area contributed by atoms with Crippen molar-refractivity contribution in [2.24, 2.45) is 16.8 Å². The maximum atomic E-state index is 12.0. The molecule has 6 nitrogen and oxygen atoms in total. The van der Waals surface area contributed by atoms with Gasteiger partial charge in [-0.25, -0.2) is 0 Å². The molecule has 2 aliphatic rings. The molecule has 2 atom stereocenters. The number of aliphatic imine (C=N–C) groups is 1. The molecule has 2 fully saturated rings.